The van der Waals surface area contributed by atoms with Gasteiger partial charge in [-0.1, -0.05) is 13.3 Å². The number of carboxylic acids is 1. The molecule has 0 fully saturated rings. The molecule has 22 heavy (non-hydrogen) atoms. The van der Waals surface area contributed by atoms with Crippen LogP contribution in [0.2, 0.25) is 0 Å². The number of alkyl carbamates (subject to hydrolysis) is 1. The van der Waals surface area contributed by atoms with Crippen molar-refractivity contribution in [3.63, 3.8) is 0 Å². The number of amides is 1. The zero-order chi connectivity index (χ0) is 17.4. The first-order chi connectivity index (χ1) is 10.1. The molecular weight excluding hydrogens is 290 g/mol. The fourth-order valence-corrected chi connectivity index (χ4v) is 2.04. The molecule has 7 heteroatoms. The number of nitrogens with one attached hydrogen (secondary N) is 1. The number of aliphatic carboxylic acids is 1. The second-order valence-electron chi connectivity index (χ2n) is 5.83. The number of rotatable bonds is 9. The van der Waals surface area contributed by atoms with E-state index in [2.05, 4.69) is 5.32 Å². The van der Waals surface area contributed by atoms with E-state index < -0.39 is 29.5 Å². The molecule has 0 saturated heterocycles. The van der Waals surface area contributed by atoms with Crippen LogP contribution in [0.3, 0.4) is 0 Å². The van der Waals surface area contributed by atoms with Crippen LogP contribution in [-0.4, -0.2) is 47.8 Å². The van der Waals surface area contributed by atoms with Gasteiger partial charge in [-0.05, 0) is 41.0 Å². The van der Waals surface area contributed by atoms with E-state index in [1.54, 1.807) is 34.6 Å². The summed E-state index contributed by atoms with van der Waals surface area (Å²) < 4.78 is 16.0. The van der Waals surface area contributed by atoms with Gasteiger partial charge in [0.2, 0.25) is 0 Å². The average molecular weight is 319 g/mol. The van der Waals surface area contributed by atoms with Crippen molar-refractivity contribution in [2.45, 2.75) is 71.8 Å². The summed E-state index contributed by atoms with van der Waals surface area (Å²) in [5.74, 6) is -3.19. The van der Waals surface area contributed by atoms with Crippen molar-refractivity contribution >= 4 is 12.1 Å². The van der Waals surface area contributed by atoms with Gasteiger partial charge in [0.25, 0.3) is 5.79 Å². The SMILES string of the molecule is CCCC(NC(=O)OC(C)(C)C)C(OCC)(OCC)C(=O)O. The Bertz CT molecular complexity index is 358. The highest BCUT2D eigenvalue weighted by Crippen LogP contribution is 2.23. The lowest BCUT2D eigenvalue weighted by atomic mass is 10.0. The Labute approximate surface area is 132 Å². The van der Waals surface area contributed by atoms with E-state index in [4.69, 9.17) is 14.2 Å². The molecule has 0 aliphatic carbocycles. The molecule has 0 heterocycles. The quantitative estimate of drug-likeness (QED) is 0.634. The minimum absolute atomic E-state index is 0.141. The summed E-state index contributed by atoms with van der Waals surface area (Å²) >= 11 is 0. The molecule has 0 saturated carbocycles. The molecule has 0 aromatic heterocycles. The van der Waals surface area contributed by atoms with Gasteiger partial charge in [-0.3, -0.25) is 0 Å². The van der Waals surface area contributed by atoms with Gasteiger partial charge in [0, 0.05) is 13.2 Å². The van der Waals surface area contributed by atoms with Crippen LogP contribution in [0.1, 0.15) is 54.4 Å². The molecule has 1 amide bonds. The van der Waals surface area contributed by atoms with E-state index in [0.29, 0.717) is 12.8 Å². The van der Waals surface area contributed by atoms with Crippen LogP contribution in [-0.2, 0) is 19.0 Å². The van der Waals surface area contributed by atoms with Crippen molar-refractivity contribution in [1.29, 1.82) is 0 Å². The van der Waals surface area contributed by atoms with Gasteiger partial charge in [-0.25, -0.2) is 9.59 Å². The molecule has 0 aromatic carbocycles. The van der Waals surface area contributed by atoms with Crippen molar-refractivity contribution in [1.82, 2.24) is 5.32 Å². The summed E-state index contributed by atoms with van der Waals surface area (Å²) in [6, 6.07) is -0.857. The maximum atomic E-state index is 12.0. The predicted molar refractivity (Wildman–Crippen MR) is 81.7 cm³/mol. The highest BCUT2D eigenvalue weighted by atomic mass is 16.7. The number of hydrogen-bond acceptors (Lipinski definition) is 5. The number of carbonyl (C=O) groups is 2. The average Bonchev–Trinajstić information content (AvgIpc) is 2.35. The third-order valence-electron chi connectivity index (χ3n) is 2.74. The molecule has 1 unspecified atom stereocenters. The molecule has 0 spiro atoms. The monoisotopic (exact) mass is 319 g/mol. The highest BCUT2D eigenvalue weighted by molar-refractivity contribution is 5.78. The third-order valence-corrected chi connectivity index (χ3v) is 2.74. The molecule has 7 nitrogen and oxygen atoms in total. The molecular formula is C15H29NO6. The summed E-state index contributed by atoms with van der Waals surface area (Å²) in [6.45, 7) is 10.7. The van der Waals surface area contributed by atoms with E-state index in [9.17, 15) is 14.7 Å². The van der Waals surface area contributed by atoms with Gasteiger partial charge >= 0.3 is 12.1 Å². The van der Waals surface area contributed by atoms with Crippen molar-refractivity contribution in [3.8, 4) is 0 Å². The van der Waals surface area contributed by atoms with Gasteiger partial charge in [-0.15, -0.1) is 0 Å². The zero-order valence-electron chi connectivity index (χ0n) is 14.4. The molecule has 0 rings (SSSR count). The van der Waals surface area contributed by atoms with Crippen molar-refractivity contribution in [2.75, 3.05) is 13.2 Å². The fourth-order valence-electron chi connectivity index (χ4n) is 2.04. The molecule has 0 aliphatic heterocycles. The summed E-state index contributed by atoms with van der Waals surface area (Å²) in [5.41, 5.74) is -0.677. The van der Waals surface area contributed by atoms with E-state index >= 15 is 0 Å². The van der Waals surface area contributed by atoms with Gasteiger partial charge in [-0.2, -0.15) is 0 Å². The number of ether oxygens (including phenoxy) is 3. The maximum Gasteiger partial charge on any atom is 0.408 e. The third kappa shape index (κ3) is 6.19. The Kier molecular flexibility index (Phi) is 8.40. The van der Waals surface area contributed by atoms with Crippen LogP contribution in [0.15, 0.2) is 0 Å². The lowest BCUT2D eigenvalue weighted by molar-refractivity contribution is -0.253. The molecule has 130 valence electrons. The lowest BCUT2D eigenvalue weighted by Crippen LogP contribution is -2.61. The van der Waals surface area contributed by atoms with E-state index in [1.807, 2.05) is 6.92 Å². The van der Waals surface area contributed by atoms with Crippen molar-refractivity contribution in [3.05, 3.63) is 0 Å². The van der Waals surface area contributed by atoms with Gasteiger partial charge in [0.05, 0.1) is 6.04 Å². The topological polar surface area (TPSA) is 94.1 Å². The second-order valence-corrected chi connectivity index (χ2v) is 5.83. The Morgan fingerprint density at radius 2 is 1.59 bits per heavy atom. The van der Waals surface area contributed by atoms with Crippen molar-refractivity contribution in [2.24, 2.45) is 0 Å². The number of carboxylic acid groups (broad SMARTS) is 1. The lowest BCUT2D eigenvalue weighted by Gasteiger charge is -2.36. The minimum Gasteiger partial charge on any atom is -0.477 e. The van der Waals surface area contributed by atoms with Gasteiger partial charge in [0.1, 0.15) is 5.60 Å². The first-order valence-corrected chi connectivity index (χ1v) is 7.63. The summed E-state index contributed by atoms with van der Waals surface area (Å²) in [6.07, 6.45) is 0.331. The molecule has 0 aliphatic rings. The Morgan fingerprint density at radius 3 is 1.91 bits per heavy atom. The van der Waals surface area contributed by atoms with E-state index in [1.165, 1.54) is 0 Å². The molecule has 0 radical (unpaired) electrons. The first-order valence-electron chi connectivity index (χ1n) is 7.63. The van der Waals surface area contributed by atoms with Crippen LogP contribution in [0, 0.1) is 0 Å². The molecule has 2 N–H and O–H groups in total. The molecule has 0 aromatic rings. The van der Waals surface area contributed by atoms with Gasteiger partial charge in [0.15, 0.2) is 0 Å². The Balaban J connectivity index is 5.35. The second kappa shape index (κ2) is 8.95. The first kappa shape index (κ1) is 20.7. The summed E-state index contributed by atoms with van der Waals surface area (Å²) in [4.78, 5) is 23.7. The van der Waals surface area contributed by atoms with Gasteiger partial charge < -0.3 is 24.6 Å². The standard InChI is InChI=1S/C15H29NO6/c1-7-10-11(16-13(19)22-14(4,5)6)15(12(17)18,20-8-2)21-9-3/h11H,7-10H2,1-6H3,(H,16,19)(H,17,18). The summed E-state index contributed by atoms with van der Waals surface area (Å²) in [7, 11) is 0. The zero-order valence-corrected chi connectivity index (χ0v) is 14.4. The van der Waals surface area contributed by atoms with E-state index in [0.717, 1.165) is 0 Å². The van der Waals surface area contributed by atoms with Crippen LogP contribution in [0.5, 0.6) is 0 Å². The van der Waals surface area contributed by atoms with Crippen LogP contribution in [0.4, 0.5) is 4.79 Å². The number of hydrogen-bond donors (Lipinski definition) is 2. The van der Waals surface area contributed by atoms with E-state index in [-0.39, 0.29) is 13.2 Å². The normalized spacial score (nSPS) is 13.5. The Morgan fingerprint density at radius 1 is 1.09 bits per heavy atom. The largest absolute Gasteiger partial charge is 0.477 e. The number of carbonyl (C=O) groups excluding carboxylic acids is 1. The van der Waals surface area contributed by atoms with Crippen molar-refractivity contribution < 1.29 is 28.9 Å². The van der Waals surface area contributed by atoms with Crippen LogP contribution >= 0.6 is 0 Å². The molecule has 1 atom stereocenters. The Hall–Kier alpha value is -1.34. The summed E-state index contributed by atoms with van der Waals surface area (Å²) in [5, 5.41) is 12.2. The molecule has 0 bridgehead atoms. The minimum atomic E-state index is -1.92. The smallest absolute Gasteiger partial charge is 0.408 e. The van der Waals surface area contributed by atoms with Crippen LogP contribution < -0.4 is 5.32 Å². The highest BCUT2D eigenvalue weighted by Gasteiger charge is 2.49. The van der Waals surface area contributed by atoms with Crippen LogP contribution in [0.25, 0.3) is 0 Å². The fraction of sp³-hybridized carbons (Fsp3) is 0.867. The maximum absolute atomic E-state index is 12.0. The predicted octanol–water partition coefficient (Wildman–Crippen LogP) is 2.53.